The van der Waals surface area contributed by atoms with Crippen LogP contribution >= 0.6 is 0 Å². The molecule has 2 aromatic rings. The lowest BCUT2D eigenvalue weighted by Gasteiger charge is -2.41. The average Bonchev–Trinajstić information content (AvgIpc) is 2.92. The Bertz CT molecular complexity index is 790. The maximum atomic E-state index is 9.11. The molecule has 3 heterocycles. The minimum absolute atomic E-state index is 0.117. The van der Waals surface area contributed by atoms with Crippen LogP contribution in [0.15, 0.2) is 24.5 Å². The molecule has 4 rings (SSSR count). The van der Waals surface area contributed by atoms with Gasteiger partial charge < -0.3 is 4.90 Å². The van der Waals surface area contributed by atoms with Crippen LogP contribution in [0.2, 0.25) is 0 Å². The molecule has 1 saturated heterocycles. The van der Waals surface area contributed by atoms with Gasteiger partial charge in [0.2, 0.25) is 0 Å². The molecule has 1 unspecified atom stereocenters. The van der Waals surface area contributed by atoms with E-state index in [0.717, 1.165) is 44.0 Å². The van der Waals surface area contributed by atoms with Crippen molar-refractivity contribution in [1.29, 1.82) is 5.26 Å². The molecule has 0 saturated carbocycles. The molecule has 116 valence electrons. The molecular weight excluding hydrogens is 286 g/mol. The molecule has 23 heavy (non-hydrogen) atoms. The van der Waals surface area contributed by atoms with E-state index in [4.69, 9.17) is 10.2 Å². The second-order valence-electron chi connectivity index (χ2n) is 6.61. The van der Waals surface area contributed by atoms with Crippen LogP contribution in [0.4, 0.5) is 5.82 Å². The topological polar surface area (TPSA) is 65.7 Å². The van der Waals surface area contributed by atoms with Crippen LogP contribution in [0.1, 0.15) is 41.9 Å². The number of pyridine rings is 1. The van der Waals surface area contributed by atoms with Gasteiger partial charge in [0.1, 0.15) is 11.6 Å². The van der Waals surface area contributed by atoms with Crippen molar-refractivity contribution in [3.8, 4) is 6.07 Å². The van der Waals surface area contributed by atoms with Crippen LogP contribution in [0.3, 0.4) is 0 Å². The Hall–Kier alpha value is -2.48. The number of hydrogen-bond donors (Lipinski definition) is 0. The van der Waals surface area contributed by atoms with E-state index in [2.05, 4.69) is 20.9 Å². The second kappa shape index (κ2) is 5.31. The first-order valence-corrected chi connectivity index (χ1v) is 8.14. The molecule has 1 spiro atoms. The van der Waals surface area contributed by atoms with E-state index in [9.17, 15) is 0 Å². The zero-order chi connectivity index (χ0) is 15.9. The Morgan fingerprint density at radius 3 is 3.09 bits per heavy atom. The molecule has 2 aliphatic rings. The van der Waals surface area contributed by atoms with Gasteiger partial charge >= 0.3 is 0 Å². The number of rotatable bonds is 1. The number of anilines is 1. The fourth-order valence-electron chi connectivity index (χ4n) is 4.01. The van der Waals surface area contributed by atoms with Crippen LogP contribution < -0.4 is 4.90 Å². The first-order chi connectivity index (χ1) is 11.2. The molecule has 0 N–H and O–H groups in total. The highest BCUT2D eigenvalue weighted by molar-refractivity contribution is 5.47. The summed E-state index contributed by atoms with van der Waals surface area (Å²) in [6.45, 7) is 3.88. The van der Waals surface area contributed by atoms with Crippen molar-refractivity contribution in [2.75, 3.05) is 18.0 Å². The molecule has 5 heteroatoms. The van der Waals surface area contributed by atoms with Crippen molar-refractivity contribution in [2.45, 2.75) is 38.0 Å². The quantitative estimate of drug-likeness (QED) is 0.810. The lowest BCUT2D eigenvalue weighted by atomic mass is 9.77. The third-order valence-electron chi connectivity index (χ3n) is 5.14. The molecule has 0 bridgehead atoms. The summed E-state index contributed by atoms with van der Waals surface area (Å²) >= 11 is 0. The third-order valence-corrected chi connectivity index (χ3v) is 5.14. The highest BCUT2D eigenvalue weighted by atomic mass is 15.2. The van der Waals surface area contributed by atoms with E-state index in [1.165, 1.54) is 17.7 Å². The lowest BCUT2D eigenvalue weighted by Crippen LogP contribution is -2.45. The smallest absolute Gasteiger partial charge is 0.129 e. The van der Waals surface area contributed by atoms with Crippen LogP contribution in [0.5, 0.6) is 0 Å². The van der Waals surface area contributed by atoms with Gasteiger partial charge in [-0.25, -0.2) is 15.0 Å². The zero-order valence-corrected chi connectivity index (χ0v) is 13.3. The Labute approximate surface area is 136 Å². The van der Waals surface area contributed by atoms with Gasteiger partial charge in [-0.2, -0.15) is 5.26 Å². The summed E-state index contributed by atoms with van der Waals surface area (Å²) in [6.07, 6.45) is 8.22. The predicted octanol–water partition coefficient (Wildman–Crippen LogP) is 2.54. The van der Waals surface area contributed by atoms with E-state index >= 15 is 0 Å². The second-order valence-corrected chi connectivity index (χ2v) is 6.61. The summed E-state index contributed by atoms with van der Waals surface area (Å²) in [5, 5.41) is 9.11. The van der Waals surface area contributed by atoms with Gasteiger partial charge in [0, 0.05) is 30.9 Å². The third kappa shape index (κ3) is 2.35. The predicted molar refractivity (Wildman–Crippen MR) is 87.2 cm³/mol. The maximum absolute atomic E-state index is 9.11. The highest BCUT2D eigenvalue weighted by Crippen LogP contribution is 2.44. The number of nitriles is 1. The Kier molecular flexibility index (Phi) is 3.26. The Balaban J connectivity index is 1.69. The van der Waals surface area contributed by atoms with Gasteiger partial charge in [-0.3, -0.25) is 0 Å². The molecule has 0 amide bonds. The molecule has 1 aliphatic heterocycles. The molecule has 1 fully saturated rings. The largest absolute Gasteiger partial charge is 0.356 e. The van der Waals surface area contributed by atoms with Crippen LogP contribution in [-0.2, 0) is 11.8 Å². The molecule has 5 nitrogen and oxygen atoms in total. The Morgan fingerprint density at radius 1 is 1.30 bits per heavy atom. The van der Waals surface area contributed by atoms with E-state index < -0.39 is 0 Å². The van der Waals surface area contributed by atoms with E-state index in [1.807, 2.05) is 19.2 Å². The Morgan fingerprint density at radius 2 is 2.22 bits per heavy atom. The molecule has 1 aliphatic carbocycles. The van der Waals surface area contributed by atoms with Crippen molar-refractivity contribution in [3.63, 3.8) is 0 Å². The van der Waals surface area contributed by atoms with Crippen molar-refractivity contribution in [2.24, 2.45) is 0 Å². The molecule has 0 radical (unpaired) electrons. The van der Waals surface area contributed by atoms with Crippen LogP contribution in [-0.4, -0.2) is 28.0 Å². The van der Waals surface area contributed by atoms with Crippen molar-refractivity contribution in [1.82, 2.24) is 15.0 Å². The normalized spacial score (nSPS) is 22.9. The van der Waals surface area contributed by atoms with Gasteiger partial charge in [0.25, 0.3) is 0 Å². The van der Waals surface area contributed by atoms with E-state index in [0.29, 0.717) is 5.56 Å². The number of aromatic nitrogens is 3. The fourth-order valence-corrected chi connectivity index (χ4v) is 4.01. The van der Waals surface area contributed by atoms with Crippen molar-refractivity contribution < 1.29 is 0 Å². The van der Waals surface area contributed by atoms with Crippen LogP contribution in [0.25, 0.3) is 0 Å². The van der Waals surface area contributed by atoms with Crippen LogP contribution in [0, 0.1) is 18.3 Å². The first-order valence-electron chi connectivity index (χ1n) is 8.14. The average molecular weight is 305 g/mol. The number of piperidine rings is 1. The summed E-state index contributed by atoms with van der Waals surface area (Å²) in [6, 6.07) is 5.85. The molecule has 2 aromatic heterocycles. The minimum Gasteiger partial charge on any atom is -0.356 e. The van der Waals surface area contributed by atoms with E-state index in [-0.39, 0.29) is 5.41 Å². The van der Waals surface area contributed by atoms with Gasteiger partial charge in [-0.1, -0.05) is 0 Å². The van der Waals surface area contributed by atoms with Crippen molar-refractivity contribution >= 4 is 5.82 Å². The molecular formula is C18H19N5. The van der Waals surface area contributed by atoms with E-state index in [1.54, 1.807) is 12.3 Å². The SMILES string of the molecule is Cc1ncc2c(n1)C1(CCCN(c3cc(C#N)ccn3)C1)CC2. The number of fused-ring (bicyclic) bond motifs is 2. The monoisotopic (exact) mass is 305 g/mol. The summed E-state index contributed by atoms with van der Waals surface area (Å²) in [5.74, 6) is 1.76. The minimum atomic E-state index is 0.117. The summed E-state index contributed by atoms with van der Waals surface area (Å²) < 4.78 is 0. The summed E-state index contributed by atoms with van der Waals surface area (Å²) in [5.41, 5.74) is 3.33. The van der Waals surface area contributed by atoms with Gasteiger partial charge in [0.05, 0.1) is 17.3 Å². The number of hydrogen-bond acceptors (Lipinski definition) is 5. The van der Waals surface area contributed by atoms with Crippen molar-refractivity contribution in [3.05, 3.63) is 47.2 Å². The summed E-state index contributed by atoms with van der Waals surface area (Å²) in [4.78, 5) is 15.9. The summed E-state index contributed by atoms with van der Waals surface area (Å²) in [7, 11) is 0. The standard InChI is InChI=1S/C18H19N5/c1-13-21-11-15-3-6-18(17(15)22-13)5-2-8-23(12-18)16-9-14(10-19)4-7-20-16/h4,7,9,11H,2-3,5-6,8,12H2,1H3. The van der Waals surface area contributed by atoms with Gasteiger partial charge in [0.15, 0.2) is 0 Å². The maximum Gasteiger partial charge on any atom is 0.129 e. The van der Waals surface area contributed by atoms with Gasteiger partial charge in [-0.05, 0) is 50.3 Å². The first kappa shape index (κ1) is 14.1. The van der Waals surface area contributed by atoms with Gasteiger partial charge in [-0.15, -0.1) is 0 Å². The lowest BCUT2D eigenvalue weighted by molar-refractivity contribution is 0.333. The number of aryl methyl sites for hydroxylation is 2. The molecule has 1 atom stereocenters. The number of nitrogens with zero attached hydrogens (tertiary/aromatic N) is 5. The fraction of sp³-hybridized carbons (Fsp3) is 0.444. The highest BCUT2D eigenvalue weighted by Gasteiger charge is 2.43. The molecule has 0 aromatic carbocycles. The zero-order valence-electron chi connectivity index (χ0n) is 13.3.